The molecule has 1 N–H and O–H groups in total. The average Bonchev–Trinajstić information content (AvgIpc) is 3.25. The fourth-order valence-electron chi connectivity index (χ4n) is 4.17. The third kappa shape index (κ3) is 4.53. The number of para-hydroxylation sites is 1. The molecule has 1 atom stereocenters. The van der Waals surface area contributed by atoms with Crippen LogP contribution in [0.5, 0.6) is 0 Å². The highest BCUT2D eigenvalue weighted by Crippen LogP contribution is 2.41. The van der Waals surface area contributed by atoms with Crippen LogP contribution in [0.15, 0.2) is 48.5 Å². The number of hydrogen-bond donors (Lipinski definition) is 1. The molecule has 4 rings (SSSR count). The molecule has 172 valence electrons. The third-order valence-corrected chi connectivity index (χ3v) is 6.12. The monoisotopic (exact) mass is 445 g/mol. The molecular formula is C26H31N5O2. The van der Waals surface area contributed by atoms with Gasteiger partial charge < -0.3 is 10.2 Å². The lowest BCUT2D eigenvalue weighted by atomic mass is 9.95. The topological polar surface area (TPSA) is 80.1 Å². The Labute approximate surface area is 194 Å². The summed E-state index contributed by atoms with van der Waals surface area (Å²) in [7, 11) is 0. The molecule has 1 aliphatic heterocycles. The van der Waals surface area contributed by atoms with E-state index in [1.54, 1.807) is 4.90 Å². The average molecular weight is 446 g/mol. The zero-order valence-corrected chi connectivity index (χ0v) is 19.7. The van der Waals surface area contributed by atoms with Crippen LogP contribution in [0.4, 0.5) is 5.69 Å². The van der Waals surface area contributed by atoms with Gasteiger partial charge in [0.2, 0.25) is 11.8 Å². The summed E-state index contributed by atoms with van der Waals surface area (Å²) in [5.41, 5.74) is 5.43. The molecule has 0 aliphatic carbocycles. The van der Waals surface area contributed by atoms with Gasteiger partial charge in [-0.15, -0.1) is 5.10 Å². The predicted octanol–water partition coefficient (Wildman–Crippen LogP) is 4.73. The second-order valence-corrected chi connectivity index (χ2v) is 8.86. The van der Waals surface area contributed by atoms with Crippen LogP contribution in [0.2, 0.25) is 0 Å². The van der Waals surface area contributed by atoms with E-state index in [0.29, 0.717) is 6.54 Å². The Morgan fingerprint density at radius 1 is 1.00 bits per heavy atom. The van der Waals surface area contributed by atoms with Gasteiger partial charge in [-0.25, -0.2) is 4.68 Å². The molecule has 2 heterocycles. The number of amides is 2. The highest BCUT2D eigenvalue weighted by molar-refractivity contribution is 6.01. The van der Waals surface area contributed by atoms with E-state index < -0.39 is 0 Å². The minimum absolute atomic E-state index is 0.0868. The maximum absolute atomic E-state index is 13.4. The molecule has 0 fully saturated rings. The van der Waals surface area contributed by atoms with Crippen LogP contribution in [-0.2, 0) is 16.1 Å². The van der Waals surface area contributed by atoms with Crippen molar-refractivity contribution in [1.29, 1.82) is 0 Å². The van der Waals surface area contributed by atoms with E-state index in [0.717, 1.165) is 40.2 Å². The van der Waals surface area contributed by atoms with Gasteiger partial charge in [-0.2, -0.15) is 0 Å². The molecule has 0 saturated carbocycles. The van der Waals surface area contributed by atoms with Gasteiger partial charge in [0, 0.05) is 36.1 Å². The first kappa shape index (κ1) is 22.7. The summed E-state index contributed by atoms with van der Waals surface area (Å²) < 4.78 is 1.95. The Morgan fingerprint density at radius 3 is 2.42 bits per heavy atom. The molecule has 0 saturated heterocycles. The first-order valence-corrected chi connectivity index (χ1v) is 11.6. The maximum Gasteiger partial charge on any atom is 0.227 e. The Morgan fingerprint density at radius 2 is 1.70 bits per heavy atom. The number of anilines is 1. The van der Waals surface area contributed by atoms with E-state index in [2.05, 4.69) is 35.5 Å². The summed E-state index contributed by atoms with van der Waals surface area (Å²) in [4.78, 5) is 27.5. The third-order valence-electron chi connectivity index (χ3n) is 6.12. The van der Waals surface area contributed by atoms with Crippen molar-refractivity contribution in [1.82, 2.24) is 20.3 Å². The van der Waals surface area contributed by atoms with E-state index >= 15 is 0 Å². The van der Waals surface area contributed by atoms with Gasteiger partial charge in [0.1, 0.15) is 5.69 Å². The lowest BCUT2D eigenvalue weighted by Crippen LogP contribution is -2.35. The Hall–Kier alpha value is -3.48. The van der Waals surface area contributed by atoms with E-state index in [1.807, 2.05) is 61.0 Å². The fourth-order valence-corrected chi connectivity index (χ4v) is 4.17. The Balaban J connectivity index is 1.75. The number of hydrogen-bond acceptors (Lipinski definition) is 4. The molecule has 1 aromatic heterocycles. The minimum Gasteiger partial charge on any atom is -0.354 e. The van der Waals surface area contributed by atoms with Crippen LogP contribution in [0, 0.1) is 0 Å². The van der Waals surface area contributed by atoms with Crippen LogP contribution in [0.25, 0.3) is 22.5 Å². The number of fused-ring (bicyclic) bond motifs is 5. The molecule has 2 amide bonds. The molecule has 7 heteroatoms. The molecule has 1 unspecified atom stereocenters. The summed E-state index contributed by atoms with van der Waals surface area (Å²) >= 11 is 0. The first-order valence-electron chi connectivity index (χ1n) is 11.6. The van der Waals surface area contributed by atoms with Gasteiger partial charge in [-0.05, 0) is 38.8 Å². The summed E-state index contributed by atoms with van der Waals surface area (Å²) in [6.45, 7) is 8.58. The van der Waals surface area contributed by atoms with Gasteiger partial charge >= 0.3 is 0 Å². The molecule has 3 aromatic rings. The van der Waals surface area contributed by atoms with Crippen LogP contribution in [0.1, 0.15) is 58.6 Å². The molecular weight excluding hydrogens is 414 g/mol. The van der Waals surface area contributed by atoms with Crippen molar-refractivity contribution in [3.63, 3.8) is 0 Å². The zero-order valence-electron chi connectivity index (χ0n) is 19.7. The normalized spacial score (nSPS) is 13.4. The van der Waals surface area contributed by atoms with Gasteiger partial charge in [0.05, 0.1) is 17.9 Å². The van der Waals surface area contributed by atoms with E-state index in [1.165, 1.54) is 0 Å². The van der Waals surface area contributed by atoms with Crippen molar-refractivity contribution in [2.75, 3.05) is 4.90 Å². The van der Waals surface area contributed by atoms with Gasteiger partial charge in [-0.1, -0.05) is 54.6 Å². The fraction of sp³-hybridized carbons (Fsp3) is 0.385. The van der Waals surface area contributed by atoms with Gasteiger partial charge in [0.15, 0.2) is 0 Å². The van der Waals surface area contributed by atoms with Crippen molar-refractivity contribution in [2.45, 2.75) is 65.6 Å². The highest BCUT2D eigenvalue weighted by atomic mass is 16.2. The lowest BCUT2D eigenvalue weighted by Gasteiger charge is -2.29. The Kier molecular flexibility index (Phi) is 6.58. The lowest BCUT2D eigenvalue weighted by molar-refractivity contribution is -0.125. The highest BCUT2D eigenvalue weighted by Gasteiger charge is 2.29. The van der Waals surface area contributed by atoms with Crippen molar-refractivity contribution in [3.8, 4) is 22.5 Å². The Bertz CT molecular complexity index is 1170. The number of nitrogens with zero attached hydrogens (tertiary/aromatic N) is 4. The molecule has 0 bridgehead atoms. The minimum atomic E-state index is -0.0967. The quantitative estimate of drug-likeness (QED) is 0.595. The van der Waals surface area contributed by atoms with Crippen molar-refractivity contribution in [3.05, 3.63) is 54.1 Å². The second-order valence-electron chi connectivity index (χ2n) is 8.86. The van der Waals surface area contributed by atoms with Crippen molar-refractivity contribution < 1.29 is 9.59 Å². The van der Waals surface area contributed by atoms with Gasteiger partial charge in [0.25, 0.3) is 0 Å². The molecule has 2 aromatic carbocycles. The zero-order chi connectivity index (χ0) is 23.5. The summed E-state index contributed by atoms with van der Waals surface area (Å²) in [5, 5.41) is 11.9. The molecule has 33 heavy (non-hydrogen) atoms. The van der Waals surface area contributed by atoms with Crippen LogP contribution in [0.3, 0.4) is 0 Å². The summed E-state index contributed by atoms with van der Waals surface area (Å²) in [6, 6.07) is 16.1. The molecule has 1 aliphatic rings. The van der Waals surface area contributed by atoms with E-state index in [-0.39, 0.29) is 36.7 Å². The largest absolute Gasteiger partial charge is 0.354 e. The van der Waals surface area contributed by atoms with Gasteiger partial charge in [-0.3, -0.25) is 9.59 Å². The summed E-state index contributed by atoms with van der Waals surface area (Å²) in [6.07, 6.45) is 1.16. The van der Waals surface area contributed by atoms with E-state index in [9.17, 15) is 9.59 Å². The number of carbonyl (C=O) groups is 2. The molecule has 0 radical (unpaired) electrons. The second kappa shape index (κ2) is 9.57. The smallest absolute Gasteiger partial charge is 0.227 e. The molecule has 0 spiro atoms. The standard InChI is InChI=1S/C26H31N5O2/c1-5-18(4)27-23(32)14-15-24(33)30-16-19-10-6-7-11-20(19)26-25(28-29-31(26)17(2)3)21-12-8-9-13-22(21)30/h6-13,17-18H,5,14-16H2,1-4H3,(H,27,32). The number of carbonyl (C=O) groups excluding carboxylic acids is 2. The van der Waals surface area contributed by atoms with Crippen molar-refractivity contribution in [2.24, 2.45) is 0 Å². The molecule has 7 nitrogen and oxygen atoms in total. The maximum atomic E-state index is 13.4. The first-order chi connectivity index (χ1) is 15.9. The number of aromatic nitrogens is 3. The van der Waals surface area contributed by atoms with Crippen LogP contribution in [-0.4, -0.2) is 32.9 Å². The van der Waals surface area contributed by atoms with Crippen LogP contribution < -0.4 is 10.2 Å². The number of rotatable bonds is 6. The SMILES string of the molecule is CCC(C)NC(=O)CCC(=O)N1Cc2ccccc2-c2c(nnn2C(C)C)-c2ccccc21. The van der Waals surface area contributed by atoms with E-state index in [4.69, 9.17) is 0 Å². The number of nitrogens with one attached hydrogen (secondary N) is 1. The summed E-state index contributed by atoms with van der Waals surface area (Å²) in [5.74, 6) is -0.183. The van der Waals surface area contributed by atoms with Crippen LogP contribution >= 0.6 is 0 Å². The predicted molar refractivity (Wildman–Crippen MR) is 130 cm³/mol. The van der Waals surface area contributed by atoms with Crippen molar-refractivity contribution >= 4 is 17.5 Å². The number of benzene rings is 2.